The number of ether oxygens (including phenoxy) is 2. The van der Waals surface area contributed by atoms with Gasteiger partial charge in [0.1, 0.15) is 5.75 Å². The number of hydrogen-bond donors (Lipinski definition) is 0. The molecule has 0 aromatic heterocycles. The van der Waals surface area contributed by atoms with Gasteiger partial charge in [0, 0.05) is 7.11 Å². The van der Waals surface area contributed by atoms with Crippen LogP contribution in [0.5, 0.6) is 5.75 Å². The molecular weight excluding hydrogens is 297 g/mol. The molecule has 2 aromatic carbocycles. The van der Waals surface area contributed by atoms with Crippen LogP contribution in [0.4, 0.5) is 13.2 Å². The van der Waals surface area contributed by atoms with Crippen LogP contribution in [-0.4, -0.2) is 13.1 Å². The Balaban J connectivity index is 2.24. The second-order valence-corrected chi connectivity index (χ2v) is 4.52. The Bertz CT molecular complexity index is 666. The van der Waals surface area contributed by atoms with Gasteiger partial charge in [-0.2, -0.15) is 13.2 Å². The van der Waals surface area contributed by atoms with Crippen molar-refractivity contribution < 1.29 is 27.4 Å². The number of hydrogen-bond acceptors (Lipinski definition) is 3. The van der Waals surface area contributed by atoms with Gasteiger partial charge in [0.2, 0.25) is 0 Å². The summed E-state index contributed by atoms with van der Waals surface area (Å²) in [5, 5.41) is 0. The van der Waals surface area contributed by atoms with E-state index in [0.29, 0.717) is 6.61 Å². The van der Waals surface area contributed by atoms with Crippen molar-refractivity contribution in [2.45, 2.75) is 12.8 Å². The van der Waals surface area contributed by atoms with Crippen LogP contribution in [0.3, 0.4) is 0 Å². The highest BCUT2D eigenvalue weighted by Gasteiger charge is 2.34. The van der Waals surface area contributed by atoms with Crippen molar-refractivity contribution in [2.75, 3.05) is 7.11 Å². The van der Waals surface area contributed by atoms with Crippen LogP contribution in [0.15, 0.2) is 48.5 Å². The van der Waals surface area contributed by atoms with E-state index in [1.807, 2.05) is 0 Å². The number of carbonyl (C=O) groups is 1. The minimum absolute atomic E-state index is 0.159. The van der Waals surface area contributed by atoms with E-state index in [-0.39, 0.29) is 5.56 Å². The first-order valence-corrected chi connectivity index (χ1v) is 6.38. The highest BCUT2D eigenvalue weighted by atomic mass is 19.4. The topological polar surface area (TPSA) is 35.5 Å². The summed E-state index contributed by atoms with van der Waals surface area (Å²) in [6, 6.07) is 10.9. The van der Waals surface area contributed by atoms with Crippen molar-refractivity contribution in [3.8, 4) is 5.75 Å². The largest absolute Gasteiger partial charge is 0.422 e. The van der Waals surface area contributed by atoms with Gasteiger partial charge in [-0.05, 0) is 29.8 Å². The van der Waals surface area contributed by atoms with Crippen molar-refractivity contribution in [2.24, 2.45) is 0 Å². The Hall–Kier alpha value is -2.34. The van der Waals surface area contributed by atoms with Crippen LogP contribution in [0.2, 0.25) is 0 Å². The molecule has 0 N–H and O–H groups in total. The predicted molar refractivity (Wildman–Crippen MR) is 73.6 cm³/mol. The fraction of sp³-hybridized carbons (Fsp3) is 0.188. The van der Waals surface area contributed by atoms with Gasteiger partial charge in [-0.1, -0.05) is 24.3 Å². The van der Waals surface area contributed by atoms with Gasteiger partial charge >= 0.3 is 12.1 Å². The molecule has 0 radical (unpaired) electrons. The third-order valence-electron chi connectivity index (χ3n) is 2.87. The molecule has 0 aliphatic carbocycles. The summed E-state index contributed by atoms with van der Waals surface area (Å²) in [7, 11) is 1.50. The monoisotopic (exact) mass is 310 g/mol. The lowest BCUT2D eigenvalue weighted by molar-refractivity contribution is -0.138. The van der Waals surface area contributed by atoms with Crippen molar-refractivity contribution in [3.05, 3.63) is 65.2 Å². The third kappa shape index (κ3) is 3.85. The molecule has 0 spiro atoms. The molecule has 0 bridgehead atoms. The highest BCUT2D eigenvalue weighted by Crippen LogP contribution is 2.36. The molecule has 2 rings (SSSR count). The molecule has 0 aliphatic heterocycles. The van der Waals surface area contributed by atoms with Gasteiger partial charge in [0.15, 0.2) is 0 Å². The van der Waals surface area contributed by atoms with Crippen LogP contribution in [0.25, 0.3) is 0 Å². The first-order valence-electron chi connectivity index (χ1n) is 6.38. The Kier molecular flexibility index (Phi) is 4.82. The second-order valence-electron chi connectivity index (χ2n) is 4.52. The normalized spacial score (nSPS) is 11.3. The van der Waals surface area contributed by atoms with Crippen LogP contribution in [0.1, 0.15) is 21.5 Å². The molecule has 0 heterocycles. The summed E-state index contributed by atoms with van der Waals surface area (Å²) in [5.74, 6) is -1.37. The number of halogens is 3. The molecule has 0 saturated carbocycles. The van der Waals surface area contributed by atoms with Gasteiger partial charge in [-0.3, -0.25) is 0 Å². The quantitative estimate of drug-likeness (QED) is 0.631. The summed E-state index contributed by atoms with van der Waals surface area (Å²) < 4.78 is 48.4. The van der Waals surface area contributed by atoms with Gasteiger partial charge in [0.25, 0.3) is 0 Å². The van der Waals surface area contributed by atoms with Crippen molar-refractivity contribution in [1.29, 1.82) is 0 Å². The molecule has 0 unspecified atom stereocenters. The standard InChI is InChI=1S/C16H13F3O3/c1-21-10-11-5-4-6-12(9-11)15(20)22-14-8-3-2-7-13(14)16(17,18)19/h2-9H,10H2,1H3. The maximum absolute atomic E-state index is 12.9. The van der Waals surface area contributed by atoms with E-state index < -0.39 is 23.5 Å². The number of alkyl halides is 3. The SMILES string of the molecule is COCc1cccc(C(=O)Oc2ccccc2C(F)(F)F)c1. The van der Waals surface area contributed by atoms with E-state index in [9.17, 15) is 18.0 Å². The predicted octanol–water partition coefficient (Wildman–Crippen LogP) is 4.07. The average Bonchev–Trinajstić information content (AvgIpc) is 2.47. The van der Waals surface area contributed by atoms with E-state index in [1.54, 1.807) is 12.1 Å². The van der Waals surface area contributed by atoms with Gasteiger partial charge in [-0.15, -0.1) is 0 Å². The summed E-state index contributed by atoms with van der Waals surface area (Å²) in [6.07, 6.45) is -4.59. The number of benzene rings is 2. The first kappa shape index (κ1) is 16.0. The number of para-hydroxylation sites is 1. The maximum Gasteiger partial charge on any atom is 0.419 e. The van der Waals surface area contributed by atoms with Crippen molar-refractivity contribution >= 4 is 5.97 Å². The van der Waals surface area contributed by atoms with E-state index in [0.717, 1.165) is 17.7 Å². The Labute approximate surface area is 125 Å². The molecule has 0 fully saturated rings. The Morgan fingerprint density at radius 3 is 2.50 bits per heavy atom. The fourth-order valence-electron chi connectivity index (χ4n) is 1.90. The molecular formula is C16H13F3O3. The molecule has 2 aromatic rings. The van der Waals surface area contributed by atoms with Crippen molar-refractivity contribution in [1.82, 2.24) is 0 Å². The van der Waals surface area contributed by atoms with Crippen LogP contribution < -0.4 is 4.74 Å². The molecule has 6 heteroatoms. The summed E-state index contributed by atoms with van der Waals surface area (Å²) >= 11 is 0. The Morgan fingerprint density at radius 2 is 1.82 bits per heavy atom. The second kappa shape index (κ2) is 6.62. The smallest absolute Gasteiger partial charge is 0.419 e. The zero-order valence-corrected chi connectivity index (χ0v) is 11.7. The average molecular weight is 310 g/mol. The zero-order chi connectivity index (χ0) is 16.2. The lowest BCUT2D eigenvalue weighted by atomic mass is 10.1. The van der Waals surface area contributed by atoms with Gasteiger partial charge in [-0.25, -0.2) is 4.79 Å². The molecule has 0 atom stereocenters. The maximum atomic E-state index is 12.9. The lowest BCUT2D eigenvalue weighted by Crippen LogP contribution is -2.14. The number of rotatable bonds is 4. The molecule has 3 nitrogen and oxygen atoms in total. The summed E-state index contributed by atoms with van der Waals surface area (Å²) in [4.78, 5) is 12.0. The summed E-state index contributed by atoms with van der Waals surface area (Å²) in [6.45, 7) is 0.292. The fourth-order valence-corrected chi connectivity index (χ4v) is 1.90. The Morgan fingerprint density at radius 1 is 1.09 bits per heavy atom. The summed E-state index contributed by atoms with van der Waals surface area (Å²) in [5.41, 5.74) is -0.107. The van der Waals surface area contributed by atoms with E-state index in [1.165, 1.54) is 31.4 Å². The third-order valence-corrected chi connectivity index (χ3v) is 2.87. The van der Waals surface area contributed by atoms with E-state index in [4.69, 9.17) is 9.47 Å². The molecule has 22 heavy (non-hydrogen) atoms. The number of methoxy groups -OCH3 is 1. The molecule has 0 aliphatic rings. The molecule has 0 saturated heterocycles. The van der Waals surface area contributed by atoms with Crippen molar-refractivity contribution in [3.63, 3.8) is 0 Å². The molecule has 0 amide bonds. The number of carbonyl (C=O) groups excluding carboxylic acids is 1. The van der Waals surface area contributed by atoms with Crippen LogP contribution >= 0.6 is 0 Å². The van der Waals surface area contributed by atoms with Gasteiger partial charge in [0.05, 0.1) is 17.7 Å². The van der Waals surface area contributed by atoms with Gasteiger partial charge < -0.3 is 9.47 Å². The lowest BCUT2D eigenvalue weighted by Gasteiger charge is -2.12. The molecule has 116 valence electrons. The van der Waals surface area contributed by atoms with Crippen LogP contribution in [0, 0.1) is 0 Å². The van der Waals surface area contributed by atoms with Crippen LogP contribution in [-0.2, 0) is 17.5 Å². The highest BCUT2D eigenvalue weighted by molar-refractivity contribution is 5.91. The first-order chi connectivity index (χ1) is 10.4. The minimum Gasteiger partial charge on any atom is -0.422 e. The van der Waals surface area contributed by atoms with E-state index in [2.05, 4.69) is 0 Å². The zero-order valence-electron chi connectivity index (χ0n) is 11.7. The van der Waals surface area contributed by atoms with E-state index >= 15 is 0 Å². The number of esters is 1. The minimum atomic E-state index is -4.59.